The van der Waals surface area contributed by atoms with Crippen LogP contribution in [0.3, 0.4) is 0 Å². The van der Waals surface area contributed by atoms with E-state index in [0.717, 1.165) is 12.8 Å². The van der Waals surface area contributed by atoms with E-state index in [1.54, 1.807) is 0 Å². The Balaban J connectivity index is 2.82. The highest BCUT2D eigenvalue weighted by atomic mass is 79.9. The molecular weight excluding hydrogens is 304 g/mol. The van der Waals surface area contributed by atoms with Crippen LogP contribution in [0.1, 0.15) is 32.6 Å². The zero-order valence-corrected chi connectivity index (χ0v) is 11.5. The summed E-state index contributed by atoms with van der Waals surface area (Å²) in [6, 6.07) is 0. The Morgan fingerprint density at radius 1 is 1.56 bits per heavy atom. The molecule has 1 N–H and O–H groups in total. The van der Waals surface area contributed by atoms with Crippen molar-refractivity contribution in [2.45, 2.75) is 43.9 Å². The Morgan fingerprint density at radius 3 is 2.62 bits per heavy atom. The number of hydrogen-bond acceptors (Lipinski definition) is 2. The minimum absolute atomic E-state index is 0.353. The lowest BCUT2D eigenvalue weighted by Gasteiger charge is -2.39. The van der Waals surface area contributed by atoms with Gasteiger partial charge < -0.3 is 0 Å². The fraction of sp³-hybridized carbons (Fsp3) is 1.00. The van der Waals surface area contributed by atoms with E-state index in [2.05, 4.69) is 20.7 Å². The summed E-state index contributed by atoms with van der Waals surface area (Å²) in [7, 11) is -4.51. The maximum atomic E-state index is 12.3. The van der Waals surface area contributed by atoms with Gasteiger partial charge in [-0.25, -0.2) is 13.1 Å². The summed E-state index contributed by atoms with van der Waals surface area (Å²) in [5.74, 6) is -3.01. The Hall–Kier alpha value is 0.250. The second kappa shape index (κ2) is 5.27. The molecule has 0 radical (unpaired) electrons. The van der Waals surface area contributed by atoms with Crippen molar-refractivity contribution in [3.63, 3.8) is 0 Å². The summed E-state index contributed by atoms with van der Waals surface area (Å²) in [5, 5.41) is 0.371. The number of rotatable bonds is 4. The molecule has 0 aliphatic heterocycles. The van der Waals surface area contributed by atoms with Gasteiger partial charge in [-0.2, -0.15) is 8.78 Å². The average molecular weight is 320 g/mol. The molecule has 0 spiro atoms. The first-order chi connectivity index (χ1) is 7.31. The zero-order valence-electron chi connectivity index (χ0n) is 9.05. The Labute approximate surface area is 103 Å². The first-order valence-electron chi connectivity index (χ1n) is 5.18. The molecule has 1 fully saturated rings. The Morgan fingerprint density at radius 2 is 2.19 bits per heavy atom. The fourth-order valence-electron chi connectivity index (χ4n) is 2.25. The van der Waals surface area contributed by atoms with E-state index in [9.17, 15) is 17.2 Å². The lowest BCUT2D eigenvalue weighted by molar-refractivity contribution is 0.211. The van der Waals surface area contributed by atoms with Crippen molar-refractivity contribution in [2.75, 3.05) is 5.33 Å². The van der Waals surface area contributed by atoms with Crippen molar-refractivity contribution in [3.8, 4) is 0 Å². The van der Waals surface area contributed by atoms with Crippen molar-refractivity contribution in [1.82, 2.24) is 4.72 Å². The van der Waals surface area contributed by atoms with Crippen LogP contribution in [-0.2, 0) is 10.0 Å². The molecule has 2 unspecified atom stereocenters. The van der Waals surface area contributed by atoms with E-state index in [1.165, 1.54) is 0 Å². The molecule has 1 aliphatic carbocycles. The summed E-state index contributed by atoms with van der Waals surface area (Å²) >= 11 is 3.23. The molecule has 1 rings (SSSR count). The third-order valence-electron chi connectivity index (χ3n) is 2.94. The van der Waals surface area contributed by atoms with Crippen molar-refractivity contribution in [2.24, 2.45) is 5.92 Å². The number of sulfonamides is 1. The monoisotopic (exact) mass is 319 g/mol. The van der Waals surface area contributed by atoms with Gasteiger partial charge in [0.15, 0.2) is 0 Å². The molecule has 0 aromatic rings. The summed E-state index contributed by atoms with van der Waals surface area (Å²) in [6.07, 6.45) is 3.09. The predicted molar refractivity (Wildman–Crippen MR) is 62.2 cm³/mol. The molecular formula is C9H16BrF2NO2S. The van der Waals surface area contributed by atoms with Gasteiger partial charge in [-0.3, -0.25) is 0 Å². The lowest BCUT2D eigenvalue weighted by Crippen LogP contribution is -2.53. The van der Waals surface area contributed by atoms with Crippen LogP contribution in [-0.4, -0.2) is 25.0 Å². The molecule has 96 valence electrons. The molecule has 0 amide bonds. The molecule has 0 heterocycles. The van der Waals surface area contributed by atoms with Crippen LogP contribution in [0, 0.1) is 5.92 Å². The summed E-state index contributed by atoms with van der Waals surface area (Å²) in [4.78, 5) is 0. The fourth-order valence-corrected chi connectivity index (χ4v) is 4.03. The van der Waals surface area contributed by atoms with Crippen LogP contribution in [0.4, 0.5) is 8.78 Å². The summed E-state index contributed by atoms with van der Waals surface area (Å²) in [5.41, 5.74) is -0.743. The third-order valence-corrected chi connectivity index (χ3v) is 5.20. The van der Waals surface area contributed by atoms with E-state index in [4.69, 9.17) is 0 Å². The lowest BCUT2D eigenvalue weighted by atomic mass is 9.78. The molecule has 0 saturated heterocycles. The van der Waals surface area contributed by atoms with Crippen LogP contribution in [0.15, 0.2) is 0 Å². The third kappa shape index (κ3) is 3.37. The second-order valence-corrected chi connectivity index (χ2v) is 6.73. The first-order valence-corrected chi connectivity index (χ1v) is 7.85. The van der Waals surface area contributed by atoms with Gasteiger partial charge in [0.1, 0.15) is 0 Å². The Bertz CT molecular complexity index is 336. The number of hydrogen-bond donors (Lipinski definition) is 1. The quantitative estimate of drug-likeness (QED) is 0.809. The van der Waals surface area contributed by atoms with Crippen molar-refractivity contribution in [3.05, 3.63) is 0 Å². The highest BCUT2D eigenvalue weighted by molar-refractivity contribution is 9.09. The minimum Gasteiger partial charge on any atom is -0.206 e. The van der Waals surface area contributed by atoms with Crippen LogP contribution in [0.5, 0.6) is 0 Å². The van der Waals surface area contributed by atoms with Crippen molar-refractivity contribution >= 4 is 26.0 Å². The largest absolute Gasteiger partial charge is 0.350 e. The predicted octanol–water partition coefficient (Wildman–Crippen LogP) is 2.47. The van der Waals surface area contributed by atoms with E-state index < -0.39 is 21.3 Å². The molecule has 1 aliphatic rings. The van der Waals surface area contributed by atoms with Gasteiger partial charge in [0, 0.05) is 10.9 Å². The zero-order chi connectivity index (χ0) is 12.4. The molecule has 0 bridgehead atoms. The molecule has 1 saturated carbocycles. The number of nitrogens with one attached hydrogen (secondary N) is 1. The second-order valence-electron chi connectivity index (χ2n) is 4.52. The number of alkyl halides is 3. The van der Waals surface area contributed by atoms with Crippen molar-refractivity contribution in [1.29, 1.82) is 0 Å². The molecule has 3 nitrogen and oxygen atoms in total. The van der Waals surface area contributed by atoms with E-state index >= 15 is 0 Å². The summed E-state index contributed by atoms with van der Waals surface area (Å²) < 4.78 is 49.1. The maximum absolute atomic E-state index is 12.3. The normalized spacial score (nSPS) is 31.9. The van der Waals surface area contributed by atoms with Gasteiger partial charge in [-0.15, -0.1) is 0 Å². The topological polar surface area (TPSA) is 46.2 Å². The molecule has 16 heavy (non-hydrogen) atoms. The highest BCUT2D eigenvalue weighted by Crippen LogP contribution is 2.34. The van der Waals surface area contributed by atoms with E-state index in [1.807, 2.05) is 6.92 Å². The van der Waals surface area contributed by atoms with Crippen molar-refractivity contribution < 1.29 is 17.2 Å². The van der Waals surface area contributed by atoms with E-state index in [0.29, 0.717) is 24.1 Å². The molecule has 7 heteroatoms. The van der Waals surface area contributed by atoms with Gasteiger partial charge in [0.2, 0.25) is 0 Å². The molecule has 0 aromatic carbocycles. The number of halogens is 3. The SMILES string of the molecule is CC1CCCC(CBr)(NS(=O)(=O)C(F)F)C1. The van der Waals surface area contributed by atoms with Crippen LogP contribution < -0.4 is 4.72 Å². The molecule has 0 aromatic heterocycles. The van der Waals surface area contributed by atoms with E-state index in [-0.39, 0.29) is 0 Å². The average Bonchev–Trinajstić information content (AvgIpc) is 2.16. The van der Waals surface area contributed by atoms with Crippen LogP contribution in [0.25, 0.3) is 0 Å². The van der Waals surface area contributed by atoms with Gasteiger partial charge in [-0.05, 0) is 18.8 Å². The van der Waals surface area contributed by atoms with Gasteiger partial charge in [-0.1, -0.05) is 35.7 Å². The minimum atomic E-state index is -4.51. The molecule has 2 atom stereocenters. The first kappa shape index (κ1) is 14.3. The van der Waals surface area contributed by atoms with Crippen LogP contribution >= 0.6 is 15.9 Å². The van der Waals surface area contributed by atoms with Gasteiger partial charge in [0.25, 0.3) is 10.0 Å². The van der Waals surface area contributed by atoms with Gasteiger partial charge >= 0.3 is 5.76 Å². The summed E-state index contributed by atoms with van der Waals surface area (Å²) in [6.45, 7) is 2.01. The standard InChI is InChI=1S/C9H16BrF2NO2S/c1-7-3-2-4-9(5-7,6-10)13-16(14,15)8(11)12/h7-8,13H,2-6H2,1H3. The maximum Gasteiger partial charge on any atom is 0.350 e. The highest BCUT2D eigenvalue weighted by Gasteiger charge is 2.40. The van der Waals surface area contributed by atoms with Crippen LogP contribution in [0.2, 0.25) is 0 Å². The Kier molecular flexibility index (Phi) is 4.71. The van der Waals surface area contributed by atoms with Gasteiger partial charge in [0.05, 0.1) is 0 Å². The smallest absolute Gasteiger partial charge is 0.206 e.